The zero-order valence-corrected chi connectivity index (χ0v) is 11.8. The van der Waals surface area contributed by atoms with Gasteiger partial charge in [0.2, 0.25) is 0 Å². The lowest BCUT2D eigenvalue weighted by Crippen LogP contribution is -2.23. The van der Waals surface area contributed by atoms with Gasteiger partial charge in [0.25, 0.3) is 0 Å². The maximum absolute atomic E-state index is 14.1. The molecule has 1 aromatic carbocycles. The SMILES string of the molecule is CCCNC(C=C(C)C)c1cccc(C(F)(F)F)c1F. The lowest BCUT2D eigenvalue weighted by atomic mass is 10.0. The van der Waals surface area contributed by atoms with Crippen molar-refractivity contribution in [2.75, 3.05) is 6.54 Å². The molecule has 0 heterocycles. The van der Waals surface area contributed by atoms with Gasteiger partial charge in [-0.15, -0.1) is 0 Å². The first kappa shape index (κ1) is 16.7. The number of allylic oxidation sites excluding steroid dienone is 1. The van der Waals surface area contributed by atoms with E-state index in [0.29, 0.717) is 6.54 Å². The third-order valence-electron chi connectivity index (χ3n) is 2.78. The fourth-order valence-corrected chi connectivity index (χ4v) is 1.90. The van der Waals surface area contributed by atoms with Crippen molar-refractivity contribution in [3.63, 3.8) is 0 Å². The number of halogens is 4. The molecular weight excluding hydrogens is 270 g/mol. The first-order chi connectivity index (χ1) is 9.27. The van der Waals surface area contributed by atoms with Gasteiger partial charge in [-0.3, -0.25) is 0 Å². The molecule has 0 bridgehead atoms. The van der Waals surface area contributed by atoms with Crippen molar-refractivity contribution in [1.82, 2.24) is 5.32 Å². The van der Waals surface area contributed by atoms with Gasteiger partial charge in [-0.2, -0.15) is 13.2 Å². The lowest BCUT2D eigenvalue weighted by molar-refractivity contribution is -0.140. The van der Waals surface area contributed by atoms with Gasteiger partial charge in [0.05, 0.1) is 11.6 Å². The average Bonchev–Trinajstić information content (AvgIpc) is 2.33. The molecule has 0 fully saturated rings. The first-order valence-electron chi connectivity index (χ1n) is 6.51. The van der Waals surface area contributed by atoms with Crippen molar-refractivity contribution < 1.29 is 17.6 Å². The number of benzene rings is 1. The molecule has 1 atom stereocenters. The predicted octanol–water partition coefficient (Wildman–Crippen LogP) is 4.85. The van der Waals surface area contributed by atoms with Crippen LogP contribution >= 0.6 is 0 Å². The Morgan fingerprint density at radius 3 is 2.45 bits per heavy atom. The Bertz CT molecular complexity index is 473. The van der Waals surface area contributed by atoms with Crippen molar-refractivity contribution >= 4 is 0 Å². The predicted molar refractivity (Wildman–Crippen MR) is 71.9 cm³/mol. The van der Waals surface area contributed by atoms with Crippen LogP contribution in [0.5, 0.6) is 0 Å². The van der Waals surface area contributed by atoms with Crippen molar-refractivity contribution in [2.24, 2.45) is 0 Å². The summed E-state index contributed by atoms with van der Waals surface area (Å²) in [7, 11) is 0. The maximum Gasteiger partial charge on any atom is 0.419 e. The van der Waals surface area contributed by atoms with Gasteiger partial charge in [-0.1, -0.05) is 30.7 Å². The standard InChI is InChI=1S/C15H19F4N/c1-4-8-20-13(9-10(2)3)11-6-5-7-12(14(11)16)15(17,18)19/h5-7,9,13,20H,4,8H2,1-3H3. The lowest BCUT2D eigenvalue weighted by Gasteiger charge is -2.19. The number of rotatable bonds is 5. The van der Waals surface area contributed by atoms with E-state index in [0.717, 1.165) is 18.1 Å². The Labute approximate surface area is 116 Å². The van der Waals surface area contributed by atoms with Crippen LogP contribution in [-0.4, -0.2) is 6.54 Å². The molecule has 1 nitrogen and oxygen atoms in total. The molecule has 0 saturated carbocycles. The van der Waals surface area contributed by atoms with Crippen LogP contribution < -0.4 is 5.32 Å². The molecule has 0 saturated heterocycles. The summed E-state index contributed by atoms with van der Waals surface area (Å²) < 4.78 is 52.3. The smallest absolute Gasteiger partial charge is 0.307 e. The molecule has 1 aromatic rings. The third-order valence-corrected chi connectivity index (χ3v) is 2.78. The van der Waals surface area contributed by atoms with Crippen LogP contribution in [0.25, 0.3) is 0 Å². The van der Waals surface area contributed by atoms with Crippen molar-refractivity contribution in [3.8, 4) is 0 Å². The molecule has 0 aliphatic carbocycles. The zero-order valence-electron chi connectivity index (χ0n) is 11.8. The van der Waals surface area contributed by atoms with E-state index in [2.05, 4.69) is 5.32 Å². The van der Waals surface area contributed by atoms with Crippen molar-refractivity contribution in [2.45, 2.75) is 39.4 Å². The highest BCUT2D eigenvalue weighted by molar-refractivity contribution is 5.33. The molecule has 1 N–H and O–H groups in total. The van der Waals surface area contributed by atoms with Crippen molar-refractivity contribution in [1.29, 1.82) is 0 Å². The van der Waals surface area contributed by atoms with Gasteiger partial charge in [-0.25, -0.2) is 4.39 Å². The van der Waals surface area contributed by atoms with Gasteiger partial charge in [0, 0.05) is 5.56 Å². The molecule has 0 aromatic heterocycles. The van der Waals surface area contributed by atoms with Gasteiger partial charge >= 0.3 is 6.18 Å². The molecule has 0 aliphatic rings. The highest BCUT2D eigenvalue weighted by Crippen LogP contribution is 2.34. The molecule has 112 valence electrons. The van der Waals surface area contributed by atoms with E-state index in [1.807, 2.05) is 20.8 Å². The van der Waals surface area contributed by atoms with E-state index < -0.39 is 23.6 Å². The molecular formula is C15H19F4N. The van der Waals surface area contributed by atoms with E-state index in [1.165, 1.54) is 12.1 Å². The van der Waals surface area contributed by atoms with Crippen LogP contribution in [0.3, 0.4) is 0 Å². The summed E-state index contributed by atoms with van der Waals surface area (Å²) in [4.78, 5) is 0. The monoisotopic (exact) mass is 289 g/mol. The Morgan fingerprint density at radius 1 is 1.30 bits per heavy atom. The average molecular weight is 289 g/mol. The van der Waals surface area contributed by atoms with E-state index in [4.69, 9.17) is 0 Å². The zero-order chi connectivity index (χ0) is 15.3. The van der Waals surface area contributed by atoms with Crippen LogP contribution in [0.1, 0.15) is 44.4 Å². The molecule has 20 heavy (non-hydrogen) atoms. The summed E-state index contributed by atoms with van der Waals surface area (Å²) >= 11 is 0. The minimum Gasteiger partial charge on any atom is -0.307 e. The van der Waals surface area contributed by atoms with Crippen LogP contribution in [0.4, 0.5) is 17.6 Å². The van der Waals surface area contributed by atoms with E-state index in [1.54, 1.807) is 6.08 Å². The van der Waals surface area contributed by atoms with Gasteiger partial charge in [0.1, 0.15) is 5.82 Å². The maximum atomic E-state index is 14.1. The Morgan fingerprint density at radius 2 is 1.95 bits per heavy atom. The Hall–Kier alpha value is -1.36. The summed E-state index contributed by atoms with van der Waals surface area (Å²) in [5.41, 5.74) is -0.287. The van der Waals surface area contributed by atoms with E-state index in [-0.39, 0.29) is 5.56 Å². The highest BCUT2D eigenvalue weighted by Gasteiger charge is 2.35. The second-order valence-electron chi connectivity index (χ2n) is 4.88. The largest absolute Gasteiger partial charge is 0.419 e. The molecule has 5 heteroatoms. The molecule has 0 radical (unpaired) electrons. The number of alkyl halides is 3. The number of hydrogen-bond donors (Lipinski definition) is 1. The molecule has 0 aliphatic heterocycles. The molecule has 0 spiro atoms. The fraction of sp³-hybridized carbons (Fsp3) is 0.467. The van der Waals surface area contributed by atoms with E-state index in [9.17, 15) is 17.6 Å². The minimum atomic E-state index is -4.68. The molecule has 1 rings (SSSR count). The Balaban J connectivity index is 3.23. The van der Waals surface area contributed by atoms with Crippen LogP contribution in [-0.2, 0) is 6.18 Å². The topological polar surface area (TPSA) is 12.0 Å². The van der Waals surface area contributed by atoms with Crippen LogP contribution in [0.2, 0.25) is 0 Å². The highest BCUT2D eigenvalue weighted by atomic mass is 19.4. The quantitative estimate of drug-likeness (QED) is 0.603. The number of nitrogens with one attached hydrogen (secondary N) is 1. The first-order valence-corrected chi connectivity index (χ1v) is 6.51. The second-order valence-corrected chi connectivity index (χ2v) is 4.88. The third kappa shape index (κ3) is 4.34. The molecule has 1 unspecified atom stereocenters. The summed E-state index contributed by atoms with van der Waals surface area (Å²) in [6, 6.07) is 2.83. The summed E-state index contributed by atoms with van der Waals surface area (Å²) in [6.07, 6.45) is -2.14. The van der Waals surface area contributed by atoms with Crippen LogP contribution in [0.15, 0.2) is 29.8 Å². The van der Waals surface area contributed by atoms with Crippen molar-refractivity contribution in [3.05, 3.63) is 46.8 Å². The number of hydrogen-bond acceptors (Lipinski definition) is 1. The van der Waals surface area contributed by atoms with Gasteiger partial charge in [-0.05, 0) is 32.9 Å². The summed E-state index contributed by atoms with van der Waals surface area (Å²) in [6.45, 7) is 6.19. The minimum absolute atomic E-state index is 0.0227. The molecule has 0 amide bonds. The Kier molecular flexibility index (Phi) is 5.74. The fourth-order valence-electron chi connectivity index (χ4n) is 1.90. The summed E-state index contributed by atoms with van der Waals surface area (Å²) in [5.74, 6) is -1.20. The van der Waals surface area contributed by atoms with E-state index >= 15 is 0 Å². The van der Waals surface area contributed by atoms with Gasteiger partial charge < -0.3 is 5.32 Å². The summed E-state index contributed by atoms with van der Waals surface area (Å²) in [5, 5.41) is 3.05. The van der Waals surface area contributed by atoms with Crippen LogP contribution in [0, 0.1) is 5.82 Å². The van der Waals surface area contributed by atoms with Gasteiger partial charge in [0.15, 0.2) is 0 Å². The second kappa shape index (κ2) is 6.88. The normalized spacial score (nSPS) is 13.2.